The highest BCUT2D eigenvalue weighted by molar-refractivity contribution is 6.20. The Kier molecular flexibility index (Phi) is 10.2. The molecule has 0 unspecified atom stereocenters. The molecule has 43 heavy (non-hydrogen) atoms. The van der Waals surface area contributed by atoms with E-state index in [-0.39, 0.29) is 17.7 Å². The fourth-order valence-electron chi connectivity index (χ4n) is 5.27. The number of anilines is 2. The highest BCUT2D eigenvalue weighted by atomic mass is 16.5. The molecule has 0 radical (unpaired) electrons. The van der Waals surface area contributed by atoms with Crippen molar-refractivity contribution >= 4 is 29.1 Å². The molecule has 1 aliphatic rings. The van der Waals surface area contributed by atoms with Crippen LogP contribution < -0.4 is 14.5 Å². The summed E-state index contributed by atoms with van der Waals surface area (Å²) in [7, 11) is 3.54. The molecule has 9 nitrogen and oxygen atoms in total. The number of carbonyl (C=O) groups excluding carboxylic acids is 3. The summed E-state index contributed by atoms with van der Waals surface area (Å²) in [5, 5.41) is 0. The minimum Gasteiger partial charge on any atom is -0.493 e. The van der Waals surface area contributed by atoms with Gasteiger partial charge in [-0.25, -0.2) is 0 Å². The second kappa shape index (κ2) is 13.8. The molecule has 9 heteroatoms. The van der Waals surface area contributed by atoms with Gasteiger partial charge >= 0.3 is 0 Å². The molecule has 0 N–H and O–H groups in total. The Balaban J connectivity index is 1.38. The van der Waals surface area contributed by atoms with Crippen molar-refractivity contribution in [3.8, 4) is 5.75 Å². The number of fused-ring (bicyclic) bond motifs is 1. The number of benzene rings is 2. The Morgan fingerprint density at radius 1 is 0.930 bits per heavy atom. The Morgan fingerprint density at radius 3 is 2.30 bits per heavy atom. The molecule has 0 atom stereocenters. The normalized spacial score (nSPS) is 14.5. The van der Waals surface area contributed by atoms with Gasteiger partial charge in [0.1, 0.15) is 11.2 Å². The molecule has 0 saturated heterocycles. The average molecular weight is 586 g/mol. The van der Waals surface area contributed by atoms with Crippen LogP contribution in [0.2, 0.25) is 0 Å². The van der Waals surface area contributed by atoms with Crippen molar-refractivity contribution in [2.45, 2.75) is 40.7 Å². The Bertz CT molecular complexity index is 1420. The molecule has 1 aliphatic heterocycles. The van der Waals surface area contributed by atoms with E-state index in [4.69, 9.17) is 4.74 Å². The standard InChI is InChI=1S/C34H43N5O4/c1-7-39-29-14-13-28(23-30(29)37(6)32(41)34(3,4)33(39)42)43-22-8-19-38(24-26-15-17-35-18-16-26)21-20-36(5)31(40)27-11-9-25(2)10-12-27/h9-18,23H,7-8,19-22,24H2,1-6H3. The lowest BCUT2D eigenvalue weighted by Crippen LogP contribution is -2.47. The Hall–Kier alpha value is -4.24. The van der Waals surface area contributed by atoms with Crippen LogP contribution in [0.25, 0.3) is 0 Å². The minimum absolute atomic E-state index is 0.00517. The second-order valence-corrected chi connectivity index (χ2v) is 11.6. The van der Waals surface area contributed by atoms with Gasteiger partial charge in [-0.15, -0.1) is 0 Å². The second-order valence-electron chi connectivity index (χ2n) is 11.6. The van der Waals surface area contributed by atoms with Gasteiger partial charge in [0, 0.05) is 70.8 Å². The fourth-order valence-corrected chi connectivity index (χ4v) is 5.27. The van der Waals surface area contributed by atoms with Crippen molar-refractivity contribution in [1.29, 1.82) is 0 Å². The van der Waals surface area contributed by atoms with E-state index < -0.39 is 5.41 Å². The minimum atomic E-state index is -1.15. The van der Waals surface area contributed by atoms with Crippen LogP contribution in [0.1, 0.15) is 48.7 Å². The molecule has 0 saturated carbocycles. The van der Waals surface area contributed by atoms with E-state index in [9.17, 15) is 14.4 Å². The zero-order valence-electron chi connectivity index (χ0n) is 26.2. The van der Waals surface area contributed by atoms with Gasteiger partial charge in [0.2, 0.25) is 11.8 Å². The first kappa shape index (κ1) is 31.7. The molecule has 2 heterocycles. The lowest BCUT2D eigenvalue weighted by Gasteiger charge is -2.27. The summed E-state index contributed by atoms with van der Waals surface area (Å²) in [6.07, 6.45) is 4.34. The van der Waals surface area contributed by atoms with Crippen LogP contribution in [0.4, 0.5) is 11.4 Å². The van der Waals surface area contributed by atoms with Gasteiger partial charge in [0.05, 0.1) is 18.0 Å². The molecular weight excluding hydrogens is 542 g/mol. The average Bonchev–Trinajstić information content (AvgIpc) is 3.06. The van der Waals surface area contributed by atoms with Gasteiger partial charge in [-0.1, -0.05) is 17.7 Å². The number of hydrogen-bond acceptors (Lipinski definition) is 6. The number of hydrogen-bond donors (Lipinski definition) is 0. The monoisotopic (exact) mass is 585 g/mol. The molecule has 2 aromatic carbocycles. The van der Waals surface area contributed by atoms with E-state index in [0.717, 1.165) is 30.6 Å². The molecule has 4 rings (SSSR count). The number of aryl methyl sites for hydroxylation is 1. The Labute approximate surface area is 255 Å². The van der Waals surface area contributed by atoms with Gasteiger partial charge in [-0.2, -0.15) is 0 Å². The maximum absolute atomic E-state index is 13.1. The highest BCUT2D eigenvalue weighted by Crippen LogP contribution is 2.40. The molecule has 0 aliphatic carbocycles. The largest absolute Gasteiger partial charge is 0.493 e. The smallest absolute Gasteiger partial charge is 0.253 e. The molecule has 3 amide bonds. The molecular formula is C34H43N5O4. The van der Waals surface area contributed by atoms with Gasteiger partial charge < -0.3 is 19.4 Å². The van der Waals surface area contributed by atoms with E-state index in [1.54, 1.807) is 48.0 Å². The summed E-state index contributed by atoms with van der Waals surface area (Å²) in [6.45, 7) is 11.0. The van der Waals surface area contributed by atoms with E-state index in [1.165, 1.54) is 0 Å². The fraction of sp³-hybridized carbons (Fsp3) is 0.412. The predicted octanol–water partition coefficient (Wildman–Crippen LogP) is 4.79. The van der Waals surface area contributed by atoms with Crippen molar-refractivity contribution < 1.29 is 19.1 Å². The van der Waals surface area contributed by atoms with Crippen LogP contribution in [0, 0.1) is 12.3 Å². The van der Waals surface area contributed by atoms with Crippen molar-refractivity contribution in [2.24, 2.45) is 5.41 Å². The quantitative estimate of drug-likeness (QED) is 0.225. The van der Waals surface area contributed by atoms with Crippen molar-refractivity contribution in [2.75, 3.05) is 56.7 Å². The summed E-state index contributed by atoms with van der Waals surface area (Å²) in [5.74, 6) is 0.195. The first-order valence-electron chi connectivity index (χ1n) is 14.8. The van der Waals surface area contributed by atoms with Crippen LogP contribution >= 0.6 is 0 Å². The number of likely N-dealkylation sites (N-methyl/N-ethyl adjacent to an activating group) is 1. The van der Waals surface area contributed by atoms with E-state index in [0.29, 0.717) is 48.9 Å². The molecule has 3 aromatic rings. The number of ether oxygens (including phenoxy) is 1. The number of carbonyl (C=O) groups is 3. The van der Waals surface area contributed by atoms with E-state index in [1.807, 2.05) is 75.5 Å². The van der Waals surface area contributed by atoms with Crippen LogP contribution in [-0.4, -0.2) is 79.4 Å². The molecule has 0 spiro atoms. The number of nitrogens with zero attached hydrogens (tertiary/aromatic N) is 5. The van der Waals surface area contributed by atoms with Crippen molar-refractivity contribution in [3.63, 3.8) is 0 Å². The van der Waals surface area contributed by atoms with E-state index >= 15 is 0 Å². The zero-order chi connectivity index (χ0) is 31.1. The van der Waals surface area contributed by atoms with Crippen LogP contribution in [0.5, 0.6) is 5.75 Å². The number of amides is 3. The maximum Gasteiger partial charge on any atom is 0.253 e. The topological polar surface area (TPSA) is 86.3 Å². The SMILES string of the molecule is CCN1C(=O)C(C)(C)C(=O)N(C)c2cc(OCCCN(CCN(C)C(=O)c3ccc(C)cc3)Cc3ccncc3)ccc21. The molecule has 0 fully saturated rings. The van der Waals surface area contributed by atoms with Crippen molar-refractivity contribution in [1.82, 2.24) is 14.8 Å². The number of aromatic nitrogens is 1. The van der Waals surface area contributed by atoms with Gasteiger partial charge in [-0.3, -0.25) is 24.3 Å². The maximum atomic E-state index is 13.1. The molecule has 1 aromatic heterocycles. The number of pyridine rings is 1. The number of rotatable bonds is 12. The first-order chi connectivity index (χ1) is 20.5. The van der Waals surface area contributed by atoms with Gasteiger partial charge in [-0.05, 0) is 76.1 Å². The highest BCUT2D eigenvalue weighted by Gasteiger charge is 2.45. The predicted molar refractivity (Wildman–Crippen MR) is 169 cm³/mol. The first-order valence-corrected chi connectivity index (χ1v) is 14.8. The van der Waals surface area contributed by atoms with Crippen LogP contribution in [-0.2, 0) is 16.1 Å². The molecule has 228 valence electrons. The summed E-state index contributed by atoms with van der Waals surface area (Å²) in [6, 6.07) is 17.2. The third-order valence-electron chi connectivity index (χ3n) is 7.97. The lowest BCUT2D eigenvalue weighted by atomic mass is 9.90. The Morgan fingerprint density at radius 2 is 1.63 bits per heavy atom. The van der Waals surface area contributed by atoms with Gasteiger partial charge in [0.25, 0.3) is 5.91 Å². The van der Waals surface area contributed by atoms with Crippen LogP contribution in [0.3, 0.4) is 0 Å². The summed E-state index contributed by atoms with van der Waals surface area (Å²) in [4.78, 5) is 50.7. The van der Waals surface area contributed by atoms with Gasteiger partial charge in [0.15, 0.2) is 0 Å². The van der Waals surface area contributed by atoms with Crippen molar-refractivity contribution in [3.05, 3.63) is 83.7 Å². The zero-order valence-corrected chi connectivity index (χ0v) is 26.2. The third kappa shape index (κ3) is 7.40. The summed E-state index contributed by atoms with van der Waals surface area (Å²) in [5.41, 5.74) is 3.17. The lowest BCUT2D eigenvalue weighted by molar-refractivity contribution is -0.137. The summed E-state index contributed by atoms with van der Waals surface area (Å²) < 4.78 is 6.13. The third-order valence-corrected chi connectivity index (χ3v) is 7.97. The van der Waals surface area contributed by atoms with E-state index in [2.05, 4.69) is 9.88 Å². The molecule has 0 bridgehead atoms. The summed E-state index contributed by atoms with van der Waals surface area (Å²) >= 11 is 0. The van der Waals surface area contributed by atoms with Crippen LogP contribution in [0.15, 0.2) is 67.0 Å².